The minimum absolute atomic E-state index is 0.367. The number of nitrogens with zero attached hydrogens (tertiary/aromatic N) is 1. The van der Waals surface area contributed by atoms with Crippen LogP contribution in [0.4, 0.5) is 0 Å². The highest BCUT2D eigenvalue weighted by Gasteiger charge is 2.42. The van der Waals surface area contributed by atoms with Crippen LogP contribution in [0.3, 0.4) is 0 Å². The Morgan fingerprint density at radius 3 is 2.61 bits per heavy atom. The number of phenolic OH excluding ortho intramolecular Hbond substituents is 1. The van der Waals surface area contributed by atoms with Crippen LogP contribution < -0.4 is 0 Å². The quantitative estimate of drug-likeness (QED) is 0.822. The molecule has 98 valence electrons. The van der Waals surface area contributed by atoms with Gasteiger partial charge in [0.25, 0.3) is 0 Å². The zero-order valence-electron chi connectivity index (χ0n) is 11.5. The van der Waals surface area contributed by atoms with Crippen LogP contribution in [0.15, 0.2) is 12.1 Å². The van der Waals surface area contributed by atoms with Gasteiger partial charge in [-0.05, 0) is 80.4 Å². The van der Waals surface area contributed by atoms with E-state index in [1.165, 1.54) is 49.0 Å². The van der Waals surface area contributed by atoms with Crippen LogP contribution in [0.2, 0.25) is 0 Å². The summed E-state index contributed by atoms with van der Waals surface area (Å²) >= 11 is 0. The fourth-order valence-electron chi connectivity index (χ4n) is 3.93. The van der Waals surface area contributed by atoms with Gasteiger partial charge in [0, 0.05) is 0 Å². The van der Waals surface area contributed by atoms with Gasteiger partial charge < -0.3 is 10.0 Å². The topological polar surface area (TPSA) is 23.5 Å². The monoisotopic (exact) mass is 245 g/mol. The van der Waals surface area contributed by atoms with Crippen molar-refractivity contribution < 1.29 is 5.11 Å². The molecule has 2 heteroatoms. The minimum atomic E-state index is 0.367. The highest BCUT2D eigenvalue weighted by Crippen LogP contribution is 2.50. The third-order valence-electron chi connectivity index (χ3n) is 5.08. The summed E-state index contributed by atoms with van der Waals surface area (Å²) in [5.74, 6) is 0.526. The lowest BCUT2D eigenvalue weighted by atomic mass is 9.72. The molecule has 1 spiro atoms. The van der Waals surface area contributed by atoms with Crippen molar-refractivity contribution in [3.63, 3.8) is 0 Å². The predicted molar refractivity (Wildman–Crippen MR) is 74.2 cm³/mol. The van der Waals surface area contributed by atoms with E-state index >= 15 is 0 Å². The Hall–Kier alpha value is -1.02. The third-order valence-corrected chi connectivity index (χ3v) is 5.08. The van der Waals surface area contributed by atoms with E-state index in [0.29, 0.717) is 11.2 Å². The molecule has 0 amide bonds. The first-order valence-electron chi connectivity index (χ1n) is 7.19. The number of piperidine rings is 1. The molecule has 0 unspecified atom stereocenters. The van der Waals surface area contributed by atoms with Crippen LogP contribution in [-0.2, 0) is 18.3 Å². The number of hydrogen-bond acceptors (Lipinski definition) is 2. The molecule has 0 bridgehead atoms. The van der Waals surface area contributed by atoms with E-state index in [1.54, 1.807) is 0 Å². The van der Waals surface area contributed by atoms with Gasteiger partial charge in [0.2, 0.25) is 0 Å². The van der Waals surface area contributed by atoms with E-state index in [2.05, 4.69) is 24.9 Å². The average Bonchev–Trinajstić information content (AvgIpc) is 2.75. The van der Waals surface area contributed by atoms with Gasteiger partial charge in [-0.1, -0.05) is 13.0 Å². The van der Waals surface area contributed by atoms with Crippen molar-refractivity contribution in [3.8, 4) is 5.75 Å². The lowest BCUT2D eigenvalue weighted by molar-refractivity contribution is 0.186. The Balaban J connectivity index is 2.07. The van der Waals surface area contributed by atoms with Gasteiger partial charge >= 0.3 is 0 Å². The molecule has 1 aliphatic heterocycles. The van der Waals surface area contributed by atoms with E-state index in [1.807, 2.05) is 6.07 Å². The van der Waals surface area contributed by atoms with Gasteiger partial charge in [-0.15, -0.1) is 0 Å². The molecule has 0 aromatic heterocycles. The van der Waals surface area contributed by atoms with Gasteiger partial charge in [-0.3, -0.25) is 0 Å². The maximum absolute atomic E-state index is 10.1. The van der Waals surface area contributed by atoms with Gasteiger partial charge in [-0.2, -0.15) is 0 Å². The maximum Gasteiger partial charge on any atom is 0.119 e. The zero-order chi connectivity index (χ0) is 12.8. The van der Waals surface area contributed by atoms with Crippen LogP contribution in [0.25, 0.3) is 0 Å². The molecule has 1 saturated heterocycles. The molecule has 0 radical (unpaired) electrons. The summed E-state index contributed by atoms with van der Waals surface area (Å²) in [6, 6.07) is 4.03. The molecule has 1 fully saturated rings. The molecular formula is C16H23NO. The van der Waals surface area contributed by atoms with Crippen LogP contribution in [-0.4, -0.2) is 30.1 Å². The number of benzene rings is 1. The molecule has 0 atom stereocenters. The van der Waals surface area contributed by atoms with Crippen molar-refractivity contribution in [2.24, 2.45) is 0 Å². The van der Waals surface area contributed by atoms with Crippen molar-refractivity contribution in [3.05, 3.63) is 28.8 Å². The first kappa shape index (κ1) is 12.0. The van der Waals surface area contributed by atoms with Crippen molar-refractivity contribution in [2.75, 3.05) is 20.1 Å². The Bertz CT molecular complexity index is 458. The van der Waals surface area contributed by atoms with Crippen molar-refractivity contribution >= 4 is 0 Å². The molecule has 1 heterocycles. The van der Waals surface area contributed by atoms with Gasteiger partial charge in [-0.25, -0.2) is 0 Å². The third kappa shape index (κ3) is 1.66. The van der Waals surface area contributed by atoms with Gasteiger partial charge in [0.1, 0.15) is 5.75 Å². The molecule has 2 aliphatic rings. The Labute approximate surface area is 110 Å². The summed E-state index contributed by atoms with van der Waals surface area (Å²) < 4.78 is 0. The standard InChI is InChI=1S/C16H23NO/c1-3-12-4-5-14(18)13-6-7-16(15(12)13)8-10-17(2)11-9-16/h4-5,18H,3,6-11H2,1-2H3. The number of hydrogen-bond donors (Lipinski definition) is 1. The number of aromatic hydroxyl groups is 1. The largest absolute Gasteiger partial charge is 0.508 e. The molecule has 3 rings (SSSR count). The zero-order valence-corrected chi connectivity index (χ0v) is 11.5. The summed E-state index contributed by atoms with van der Waals surface area (Å²) in [6.07, 6.45) is 5.90. The lowest BCUT2D eigenvalue weighted by Crippen LogP contribution is -2.39. The van der Waals surface area contributed by atoms with Crippen LogP contribution in [0.1, 0.15) is 42.9 Å². The first-order valence-corrected chi connectivity index (χ1v) is 7.19. The number of likely N-dealkylation sites (tertiary alicyclic amines) is 1. The number of rotatable bonds is 1. The second kappa shape index (κ2) is 4.27. The van der Waals surface area contributed by atoms with E-state index in [0.717, 1.165) is 12.8 Å². The Morgan fingerprint density at radius 1 is 1.22 bits per heavy atom. The summed E-state index contributed by atoms with van der Waals surface area (Å²) in [5.41, 5.74) is 4.59. The average molecular weight is 245 g/mol. The molecule has 0 saturated carbocycles. The number of fused-ring (bicyclic) bond motifs is 2. The maximum atomic E-state index is 10.1. The van der Waals surface area contributed by atoms with E-state index < -0.39 is 0 Å². The highest BCUT2D eigenvalue weighted by molar-refractivity contribution is 5.52. The van der Waals surface area contributed by atoms with Crippen molar-refractivity contribution in [1.82, 2.24) is 4.90 Å². The second-order valence-electron chi connectivity index (χ2n) is 6.03. The van der Waals surface area contributed by atoms with Crippen LogP contribution in [0, 0.1) is 0 Å². The van der Waals surface area contributed by atoms with Crippen LogP contribution in [0.5, 0.6) is 5.75 Å². The molecule has 1 aromatic carbocycles. The molecular weight excluding hydrogens is 222 g/mol. The van der Waals surface area contributed by atoms with E-state index in [9.17, 15) is 5.11 Å². The molecule has 1 aromatic rings. The molecule has 2 nitrogen and oxygen atoms in total. The normalized spacial score (nSPS) is 22.3. The predicted octanol–water partition coefficient (Wildman–Crippen LogP) is 2.86. The van der Waals surface area contributed by atoms with E-state index in [-0.39, 0.29) is 0 Å². The first-order chi connectivity index (χ1) is 8.66. The van der Waals surface area contributed by atoms with Crippen molar-refractivity contribution in [1.29, 1.82) is 0 Å². The Morgan fingerprint density at radius 2 is 1.94 bits per heavy atom. The summed E-state index contributed by atoms with van der Waals surface area (Å²) in [5, 5.41) is 10.1. The Kier molecular flexibility index (Phi) is 2.86. The van der Waals surface area contributed by atoms with Crippen LogP contribution >= 0.6 is 0 Å². The molecule has 1 aliphatic carbocycles. The SMILES string of the molecule is CCc1ccc(O)c2c1C1(CC2)CCN(C)CC1. The second-order valence-corrected chi connectivity index (χ2v) is 6.03. The lowest BCUT2D eigenvalue weighted by Gasteiger charge is -2.39. The number of phenols is 1. The highest BCUT2D eigenvalue weighted by atomic mass is 16.3. The summed E-state index contributed by atoms with van der Waals surface area (Å²) in [7, 11) is 2.21. The molecule has 1 N–H and O–H groups in total. The summed E-state index contributed by atoms with van der Waals surface area (Å²) in [6.45, 7) is 4.62. The summed E-state index contributed by atoms with van der Waals surface area (Å²) in [4.78, 5) is 2.43. The van der Waals surface area contributed by atoms with E-state index in [4.69, 9.17) is 0 Å². The smallest absolute Gasteiger partial charge is 0.119 e. The fraction of sp³-hybridized carbons (Fsp3) is 0.625. The van der Waals surface area contributed by atoms with Crippen molar-refractivity contribution in [2.45, 2.75) is 44.4 Å². The van der Waals surface area contributed by atoms with Gasteiger partial charge in [0.15, 0.2) is 0 Å². The molecule has 18 heavy (non-hydrogen) atoms. The number of aryl methyl sites for hydroxylation is 1. The minimum Gasteiger partial charge on any atom is -0.508 e. The van der Waals surface area contributed by atoms with Gasteiger partial charge in [0.05, 0.1) is 0 Å². The fourth-order valence-corrected chi connectivity index (χ4v) is 3.93.